The third-order valence-electron chi connectivity index (χ3n) is 3.43. The van der Waals surface area contributed by atoms with Crippen molar-refractivity contribution in [1.29, 1.82) is 0 Å². The summed E-state index contributed by atoms with van der Waals surface area (Å²) < 4.78 is 27.6. The maximum absolute atomic E-state index is 11.2. The van der Waals surface area contributed by atoms with Crippen LogP contribution in [-0.2, 0) is 16.4 Å². The molecular weight excluding hydrogens is 344 g/mol. The molecule has 3 N–H and O–H groups in total. The maximum Gasteiger partial charge on any atom is 0.263 e. The molecule has 10 heteroatoms. The van der Waals surface area contributed by atoms with Crippen LogP contribution in [-0.4, -0.2) is 35.1 Å². The number of nitrogens with one attached hydrogen (secondary N) is 1. The van der Waals surface area contributed by atoms with Gasteiger partial charge in [0.25, 0.3) is 5.89 Å². The van der Waals surface area contributed by atoms with Crippen LogP contribution in [0.1, 0.15) is 11.4 Å². The number of rotatable bonds is 6. The third kappa shape index (κ3) is 4.17. The van der Waals surface area contributed by atoms with E-state index in [-0.39, 0.29) is 4.90 Å². The fourth-order valence-electron chi connectivity index (χ4n) is 2.20. The SMILES string of the molecule is Cc1noc(-c2cncnc2NCCc2ccc(S(N)(=O)=O)cc2)n1. The molecule has 0 aliphatic carbocycles. The Morgan fingerprint density at radius 2 is 2.00 bits per heavy atom. The van der Waals surface area contributed by atoms with Gasteiger partial charge in [-0.1, -0.05) is 17.3 Å². The molecule has 9 nitrogen and oxygen atoms in total. The van der Waals surface area contributed by atoms with Crippen molar-refractivity contribution in [2.24, 2.45) is 5.14 Å². The minimum atomic E-state index is -3.67. The van der Waals surface area contributed by atoms with E-state index in [0.29, 0.717) is 36.1 Å². The lowest BCUT2D eigenvalue weighted by Crippen LogP contribution is -2.12. The summed E-state index contributed by atoms with van der Waals surface area (Å²) in [6, 6.07) is 6.43. The first-order chi connectivity index (χ1) is 11.9. The first-order valence-electron chi connectivity index (χ1n) is 7.40. The van der Waals surface area contributed by atoms with Gasteiger partial charge in [-0.3, -0.25) is 0 Å². The smallest absolute Gasteiger partial charge is 0.263 e. The first kappa shape index (κ1) is 17.0. The number of anilines is 1. The highest BCUT2D eigenvalue weighted by molar-refractivity contribution is 7.89. The van der Waals surface area contributed by atoms with E-state index in [2.05, 4.69) is 25.4 Å². The second-order valence-corrected chi connectivity index (χ2v) is 6.86. The van der Waals surface area contributed by atoms with Crippen LogP contribution in [0.25, 0.3) is 11.5 Å². The molecule has 0 saturated heterocycles. The zero-order valence-corrected chi connectivity index (χ0v) is 14.2. The molecule has 0 bridgehead atoms. The normalized spacial score (nSPS) is 11.4. The second kappa shape index (κ2) is 6.95. The molecule has 0 unspecified atom stereocenters. The Bertz CT molecular complexity index is 969. The maximum atomic E-state index is 11.2. The number of aromatic nitrogens is 4. The summed E-state index contributed by atoms with van der Waals surface area (Å²) in [5, 5.41) is 12.0. The predicted octanol–water partition coefficient (Wildman–Crippen LogP) is 1.14. The Hall–Kier alpha value is -2.85. The van der Waals surface area contributed by atoms with Crippen molar-refractivity contribution < 1.29 is 12.9 Å². The highest BCUT2D eigenvalue weighted by atomic mass is 32.2. The first-order valence-corrected chi connectivity index (χ1v) is 8.94. The average Bonchev–Trinajstić information content (AvgIpc) is 3.01. The monoisotopic (exact) mass is 360 g/mol. The van der Waals surface area contributed by atoms with E-state index in [4.69, 9.17) is 9.66 Å². The van der Waals surface area contributed by atoms with Gasteiger partial charge in [-0.15, -0.1) is 0 Å². The number of sulfonamides is 1. The Morgan fingerprint density at radius 1 is 1.24 bits per heavy atom. The van der Waals surface area contributed by atoms with Crippen LogP contribution in [0, 0.1) is 6.92 Å². The van der Waals surface area contributed by atoms with Crippen molar-refractivity contribution in [2.75, 3.05) is 11.9 Å². The molecule has 3 aromatic rings. The topological polar surface area (TPSA) is 137 Å². The van der Waals surface area contributed by atoms with Gasteiger partial charge in [-0.05, 0) is 31.0 Å². The molecule has 130 valence electrons. The number of hydrogen-bond acceptors (Lipinski definition) is 8. The zero-order valence-electron chi connectivity index (χ0n) is 13.4. The third-order valence-corrected chi connectivity index (χ3v) is 4.36. The highest BCUT2D eigenvalue weighted by Crippen LogP contribution is 2.23. The molecule has 0 aliphatic rings. The van der Waals surface area contributed by atoms with E-state index < -0.39 is 10.0 Å². The molecule has 0 radical (unpaired) electrons. The molecule has 0 amide bonds. The van der Waals surface area contributed by atoms with E-state index in [1.165, 1.54) is 18.5 Å². The van der Waals surface area contributed by atoms with E-state index in [9.17, 15) is 8.42 Å². The van der Waals surface area contributed by atoms with Gasteiger partial charge in [-0.2, -0.15) is 4.98 Å². The molecule has 0 aliphatic heterocycles. The Morgan fingerprint density at radius 3 is 2.64 bits per heavy atom. The van der Waals surface area contributed by atoms with Crippen LogP contribution < -0.4 is 10.5 Å². The van der Waals surface area contributed by atoms with Gasteiger partial charge in [0.2, 0.25) is 10.0 Å². The zero-order chi connectivity index (χ0) is 17.9. The summed E-state index contributed by atoms with van der Waals surface area (Å²) in [7, 11) is -3.67. The van der Waals surface area contributed by atoms with Crippen LogP contribution in [0.3, 0.4) is 0 Å². The lowest BCUT2D eigenvalue weighted by Gasteiger charge is -2.08. The predicted molar refractivity (Wildman–Crippen MR) is 90.1 cm³/mol. The Labute approximate surface area is 144 Å². The Balaban J connectivity index is 1.67. The number of benzene rings is 1. The van der Waals surface area contributed by atoms with E-state index in [1.807, 2.05) is 0 Å². The molecule has 25 heavy (non-hydrogen) atoms. The number of primary sulfonamides is 1. The quantitative estimate of drug-likeness (QED) is 0.667. The van der Waals surface area contributed by atoms with Crippen molar-refractivity contribution in [3.8, 4) is 11.5 Å². The minimum Gasteiger partial charge on any atom is -0.369 e. The summed E-state index contributed by atoms with van der Waals surface area (Å²) in [6.45, 7) is 2.31. The number of aryl methyl sites for hydroxylation is 1. The largest absolute Gasteiger partial charge is 0.369 e. The number of hydrogen-bond donors (Lipinski definition) is 2. The summed E-state index contributed by atoms with van der Waals surface area (Å²) in [5.41, 5.74) is 1.58. The van der Waals surface area contributed by atoms with Crippen molar-refractivity contribution in [1.82, 2.24) is 20.1 Å². The van der Waals surface area contributed by atoms with Crippen LogP contribution in [0.15, 0.2) is 46.2 Å². The standard InChI is InChI=1S/C15H16N6O3S/c1-10-20-15(24-21-10)13-8-17-9-19-14(13)18-7-6-11-2-4-12(5-3-11)25(16,22)23/h2-5,8-9H,6-7H2,1H3,(H2,16,22,23)(H,17,18,19). The van der Waals surface area contributed by atoms with Crippen LogP contribution in [0.5, 0.6) is 0 Å². The van der Waals surface area contributed by atoms with E-state index in [0.717, 1.165) is 5.56 Å². The summed E-state index contributed by atoms with van der Waals surface area (Å²) in [6.07, 6.45) is 3.69. The molecule has 2 heterocycles. The van der Waals surface area contributed by atoms with Gasteiger partial charge in [0.05, 0.1) is 4.90 Å². The number of nitrogens with zero attached hydrogens (tertiary/aromatic N) is 4. The molecule has 2 aromatic heterocycles. The lowest BCUT2D eigenvalue weighted by atomic mass is 10.1. The second-order valence-electron chi connectivity index (χ2n) is 5.30. The van der Waals surface area contributed by atoms with Gasteiger partial charge >= 0.3 is 0 Å². The van der Waals surface area contributed by atoms with Crippen LogP contribution in [0.2, 0.25) is 0 Å². The van der Waals surface area contributed by atoms with Crippen LogP contribution in [0.4, 0.5) is 5.82 Å². The summed E-state index contributed by atoms with van der Waals surface area (Å²) in [5.74, 6) is 1.46. The van der Waals surface area contributed by atoms with Gasteiger partial charge in [0.15, 0.2) is 5.82 Å². The average molecular weight is 360 g/mol. The molecule has 0 spiro atoms. The van der Waals surface area contributed by atoms with Gasteiger partial charge in [0, 0.05) is 12.7 Å². The van der Waals surface area contributed by atoms with Gasteiger partial charge in [0.1, 0.15) is 17.7 Å². The van der Waals surface area contributed by atoms with Crippen molar-refractivity contribution >= 4 is 15.8 Å². The fraction of sp³-hybridized carbons (Fsp3) is 0.200. The van der Waals surface area contributed by atoms with Crippen molar-refractivity contribution in [2.45, 2.75) is 18.2 Å². The molecule has 1 aromatic carbocycles. The summed E-state index contributed by atoms with van der Waals surface area (Å²) >= 11 is 0. The minimum absolute atomic E-state index is 0.0917. The van der Waals surface area contributed by atoms with Crippen LogP contribution >= 0.6 is 0 Å². The molecule has 0 atom stereocenters. The molecule has 3 rings (SSSR count). The Kier molecular flexibility index (Phi) is 4.72. The lowest BCUT2D eigenvalue weighted by molar-refractivity contribution is 0.425. The van der Waals surface area contributed by atoms with Gasteiger partial charge < -0.3 is 9.84 Å². The number of nitrogens with two attached hydrogens (primary N) is 1. The van der Waals surface area contributed by atoms with Crippen molar-refractivity contribution in [3.05, 3.63) is 48.2 Å². The fourth-order valence-corrected chi connectivity index (χ4v) is 2.72. The van der Waals surface area contributed by atoms with E-state index >= 15 is 0 Å². The molecular formula is C15H16N6O3S. The molecule has 0 saturated carbocycles. The van der Waals surface area contributed by atoms with Crippen molar-refractivity contribution in [3.63, 3.8) is 0 Å². The highest BCUT2D eigenvalue weighted by Gasteiger charge is 2.13. The van der Waals surface area contributed by atoms with Gasteiger partial charge in [-0.25, -0.2) is 23.5 Å². The summed E-state index contributed by atoms with van der Waals surface area (Å²) in [4.78, 5) is 12.4. The molecule has 0 fully saturated rings. The van der Waals surface area contributed by atoms with E-state index in [1.54, 1.807) is 25.3 Å².